The Morgan fingerprint density at radius 2 is 2.13 bits per heavy atom. The van der Waals surface area contributed by atoms with Gasteiger partial charge in [0.15, 0.2) is 0 Å². The molecule has 1 atom stereocenters. The molecule has 3 heteroatoms. The zero-order valence-corrected chi connectivity index (χ0v) is 8.81. The molecule has 1 aromatic rings. The lowest BCUT2D eigenvalue weighted by Gasteiger charge is -2.25. The average molecular weight is 202 g/mol. The van der Waals surface area contributed by atoms with Gasteiger partial charge in [-0.25, -0.2) is 0 Å². The summed E-state index contributed by atoms with van der Waals surface area (Å²) in [6, 6.07) is 10.3. The Hall–Kier alpha value is -1.53. The number of hydrogen-bond donors (Lipinski definition) is 0. The molecule has 0 N–H and O–H groups in total. The Kier molecular flexibility index (Phi) is 2.89. The van der Waals surface area contributed by atoms with E-state index in [1.165, 1.54) is 0 Å². The van der Waals surface area contributed by atoms with E-state index < -0.39 is 0 Å². The van der Waals surface area contributed by atoms with Crippen LogP contribution in [-0.2, 0) is 4.74 Å². The lowest BCUT2D eigenvalue weighted by molar-refractivity contribution is 0.193. The van der Waals surface area contributed by atoms with Gasteiger partial charge in [-0.1, -0.05) is 0 Å². The molecule has 78 valence electrons. The summed E-state index contributed by atoms with van der Waals surface area (Å²) < 4.78 is 5.35. The first kappa shape index (κ1) is 10.0. The molecule has 0 saturated carbocycles. The van der Waals surface area contributed by atoms with E-state index in [0.29, 0.717) is 11.6 Å². The summed E-state index contributed by atoms with van der Waals surface area (Å²) in [5.41, 5.74) is 1.85. The van der Waals surface area contributed by atoms with Gasteiger partial charge in [-0.3, -0.25) is 0 Å². The number of ether oxygens (including phenoxy) is 1. The summed E-state index contributed by atoms with van der Waals surface area (Å²) in [7, 11) is 2.07. The fraction of sp³-hybridized carbons (Fsp3) is 0.417. The van der Waals surface area contributed by atoms with Crippen molar-refractivity contribution in [3.63, 3.8) is 0 Å². The van der Waals surface area contributed by atoms with Crippen LogP contribution in [0.15, 0.2) is 24.3 Å². The van der Waals surface area contributed by atoms with Crippen molar-refractivity contribution in [2.24, 2.45) is 0 Å². The molecule has 1 fully saturated rings. The molecule has 0 amide bonds. The standard InChI is InChI=1S/C12H14N2O/c1-14(12-6-7-15-9-12)11-4-2-10(8-13)3-5-11/h2-5,12H,6-7,9H2,1H3. The number of likely N-dealkylation sites (N-methyl/N-ethyl adjacent to an activating group) is 1. The van der Waals surface area contributed by atoms with E-state index >= 15 is 0 Å². The Morgan fingerprint density at radius 1 is 1.40 bits per heavy atom. The van der Waals surface area contributed by atoms with Crippen LogP contribution in [0.5, 0.6) is 0 Å². The predicted octanol–water partition coefficient (Wildman–Crippen LogP) is 1.78. The minimum absolute atomic E-state index is 0.470. The third kappa shape index (κ3) is 2.11. The van der Waals surface area contributed by atoms with Crippen molar-refractivity contribution < 1.29 is 4.74 Å². The van der Waals surface area contributed by atoms with Crippen molar-refractivity contribution in [1.82, 2.24) is 0 Å². The summed E-state index contributed by atoms with van der Waals surface area (Å²) in [5, 5.41) is 8.70. The van der Waals surface area contributed by atoms with Gasteiger partial charge in [-0.2, -0.15) is 5.26 Å². The van der Waals surface area contributed by atoms with E-state index in [0.717, 1.165) is 25.3 Å². The summed E-state index contributed by atoms with van der Waals surface area (Å²) in [6.07, 6.45) is 1.08. The molecule has 1 unspecified atom stereocenters. The van der Waals surface area contributed by atoms with E-state index in [2.05, 4.69) is 18.0 Å². The average Bonchev–Trinajstić information content (AvgIpc) is 2.82. The smallest absolute Gasteiger partial charge is 0.0991 e. The second-order valence-electron chi connectivity index (χ2n) is 3.79. The van der Waals surface area contributed by atoms with Gasteiger partial charge in [0, 0.05) is 19.3 Å². The minimum Gasteiger partial charge on any atom is -0.379 e. The van der Waals surface area contributed by atoms with Crippen LogP contribution >= 0.6 is 0 Å². The Labute approximate surface area is 89.9 Å². The second kappa shape index (κ2) is 4.33. The van der Waals surface area contributed by atoms with Crippen molar-refractivity contribution in [2.45, 2.75) is 12.5 Å². The summed E-state index contributed by atoms with van der Waals surface area (Å²) in [5.74, 6) is 0. The van der Waals surface area contributed by atoms with Gasteiger partial charge in [-0.15, -0.1) is 0 Å². The van der Waals surface area contributed by atoms with Crippen LogP contribution in [0, 0.1) is 11.3 Å². The lowest BCUT2D eigenvalue weighted by atomic mass is 10.1. The normalized spacial score (nSPS) is 19.9. The van der Waals surface area contributed by atoms with Crippen molar-refractivity contribution in [1.29, 1.82) is 5.26 Å². The van der Waals surface area contributed by atoms with Gasteiger partial charge < -0.3 is 9.64 Å². The second-order valence-corrected chi connectivity index (χ2v) is 3.79. The van der Waals surface area contributed by atoms with Gasteiger partial charge in [-0.05, 0) is 30.7 Å². The summed E-state index contributed by atoms with van der Waals surface area (Å²) in [6.45, 7) is 1.65. The number of nitriles is 1. The van der Waals surface area contributed by atoms with E-state index in [1.807, 2.05) is 24.3 Å². The highest BCUT2D eigenvalue weighted by Crippen LogP contribution is 2.20. The molecule has 1 aliphatic rings. The number of benzene rings is 1. The first-order valence-corrected chi connectivity index (χ1v) is 5.12. The number of nitrogens with zero attached hydrogens (tertiary/aromatic N) is 2. The predicted molar refractivity (Wildman–Crippen MR) is 58.8 cm³/mol. The molecule has 0 radical (unpaired) electrons. The summed E-state index contributed by atoms with van der Waals surface area (Å²) >= 11 is 0. The van der Waals surface area contributed by atoms with E-state index in [1.54, 1.807) is 0 Å². The molecule has 0 aromatic heterocycles. The fourth-order valence-electron chi connectivity index (χ4n) is 1.81. The SMILES string of the molecule is CN(c1ccc(C#N)cc1)C1CCOC1. The molecule has 1 heterocycles. The van der Waals surface area contributed by atoms with Gasteiger partial charge in [0.25, 0.3) is 0 Å². The topological polar surface area (TPSA) is 36.3 Å². The number of rotatable bonds is 2. The molecule has 0 aliphatic carbocycles. The van der Waals surface area contributed by atoms with E-state index in [4.69, 9.17) is 10.00 Å². The fourth-order valence-corrected chi connectivity index (χ4v) is 1.81. The molecule has 15 heavy (non-hydrogen) atoms. The highest BCUT2D eigenvalue weighted by atomic mass is 16.5. The number of hydrogen-bond acceptors (Lipinski definition) is 3. The largest absolute Gasteiger partial charge is 0.379 e. The van der Waals surface area contributed by atoms with Crippen LogP contribution in [0.3, 0.4) is 0 Å². The van der Waals surface area contributed by atoms with Crippen LogP contribution in [0.25, 0.3) is 0 Å². The van der Waals surface area contributed by atoms with Crippen LogP contribution in [0.4, 0.5) is 5.69 Å². The maximum absolute atomic E-state index is 8.70. The Balaban J connectivity index is 2.11. The van der Waals surface area contributed by atoms with Crippen LogP contribution in [0.1, 0.15) is 12.0 Å². The van der Waals surface area contributed by atoms with Crippen LogP contribution in [0.2, 0.25) is 0 Å². The zero-order chi connectivity index (χ0) is 10.7. The first-order chi connectivity index (χ1) is 7.31. The van der Waals surface area contributed by atoms with Crippen LogP contribution in [-0.4, -0.2) is 26.3 Å². The lowest BCUT2D eigenvalue weighted by Crippen LogP contribution is -2.31. The van der Waals surface area contributed by atoms with Gasteiger partial charge in [0.2, 0.25) is 0 Å². The molecular formula is C12H14N2O. The molecule has 0 bridgehead atoms. The monoisotopic (exact) mass is 202 g/mol. The van der Waals surface area contributed by atoms with Gasteiger partial charge in [0.05, 0.1) is 24.3 Å². The Bertz CT molecular complexity index is 360. The van der Waals surface area contributed by atoms with Crippen molar-refractivity contribution in [3.8, 4) is 6.07 Å². The van der Waals surface area contributed by atoms with E-state index in [-0.39, 0.29) is 0 Å². The maximum atomic E-state index is 8.70. The van der Waals surface area contributed by atoms with Crippen molar-refractivity contribution in [2.75, 3.05) is 25.2 Å². The maximum Gasteiger partial charge on any atom is 0.0991 e. The molecule has 2 rings (SSSR count). The highest BCUT2D eigenvalue weighted by molar-refractivity contribution is 5.49. The Morgan fingerprint density at radius 3 is 2.67 bits per heavy atom. The van der Waals surface area contributed by atoms with Crippen LogP contribution < -0.4 is 4.90 Å². The molecule has 1 saturated heterocycles. The van der Waals surface area contributed by atoms with Crippen molar-refractivity contribution >= 4 is 5.69 Å². The number of anilines is 1. The first-order valence-electron chi connectivity index (χ1n) is 5.12. The minimum atomic E-state index is 0.470. The third-order valence-corrected chi connectivity index (χ3v) is 2.86. The zero-order valence-electron chi connectivity index (χ0n) is 8.81. The van der Waals surface area contributed by atoms with Gasteiger partial charge >= 0.3 is 0 Å². The van der Waals surface area contributed by atoms with Crippen molar-refractivity contribution in [3.05, 3.63) is 29.8 Å². The molecule has 3 nitrogen and oxygen atoms in total. The molecule has 1 aromatic carbocycles. The molecule has 1 aliphatic heterocycles. The third-order valence-electron chi connectivity index (χ3n) is 2.86. The highest BCUT2D eigenvalue weighted by Gasteiger charge is 2.20. The van der Waals surface area contributed by atoms with Gasteiger partial charge in [0.1, 0.15) is 0 Å². The molecule has 0 spiro atoms. The van der Waals surface area contributed by atoms with E-state index in [9.17, 15) is 0 Å². The quantitative estimate of drug-likeness (QED) is 0.733. The summed E-state index contributed by atoms with van der Waals surface area (Å²) in [4.78, 5) is 2.22. The molecular weight excluding hydrogens is 188 g/mol.